The third-order valence-electron chi connectivity index (χ3n) is 3.92. The number of rotatable bonds is 6. The summed E-state index contributed by atoms with van der Waals surface area (Å²) >= 11 is 0. The number of aliphatic imine (C=N–C) groups is 1. The zero-order valence-electron chi connectivity index (χ0n) is 21.4. The Bertz CT molecular complexity index is 1020. The van der Waals surface area contributed by atoms with Gasteiger partial charge >= 0.3 is 18.2 Å². The van der Waals surface area contributed by atoms with Crippen molar-refractivity contribution in [2.24, 2.45) is 4.99 Å². The number of benzene rings is 2. The van der Waals surface area contributed by atoms with E-state index in [0.29, 0.717) is 11.4 Å². The molecule has 0 aliphatic carbocycles. The van der Waals surface area contributed by atoms with E-state index < -0.39 is 29.4 Å². The molecule has 10 nitrogen and oxygen atoms in total. The Labute approximate surface area is 211 Å². The molecule has 36 heavy (non-hydrogen) atoms. The Hall–Kier alpha value is -4.08. The summed E-state index contributed by atoms with van der Waals surface area (Å²) in [5, 5.41) is 4.81. The van der Waals surface area contributed by atoms with Crippen LogP contribution in [0.3, 0.4) is 0 Å². The van der Waals surface area contributed by atoms with Crippen molar-refractivity contribution in [1.82, 2.24) is 10.6 Å². The van der Waals surface area contributed by atoms with Gasteiger partial charge in [0.2, 0.25) is 5.96 Å². The number of hydrogen-bond acceptors (Lipinski definition) is 8. The number of carbonyl (C=O) groups is 3. The largest absolute Gasteiger partial charge is 0.482 e. The monoisotopic (exact) mass is 499 g/mol. The molecule has 0 bridgehead atoms. The highest BCUT2D eigenvalue weighted by Gasteiger charge is 2.21. The van der Waals surface area contributed by atoms with E-state index in [9.17, 15) is 14.4 Å². The van der Waals surface area contributed by atoms with Crippen molar-refractivity contribution in [2.75, 3.05) is 6.61 Å². The molecule has 0 aliphatic rings. The Morgan fingerprint density at radius 1 is 0.778 bits per heavy atom. The Morgan fingerprint density at radius 3 is 1.81 bits per heavy atom. The van der Waals surface area contributed by atoms with E-state index in [0.717, 1.165) is 5.56 Å². The first-order valence-electron chi connectivity index (χ1n) is 11.3. The average Bonchev–Trinajstić information content (AvgIpc) is 2.75. The van der Waals surface area contributed by atoms with Gasteiger partial charge in [-0.25, -0.2) is 19.4 Å². The van der Waals surface area contributed by atoms with Crippen molar-refractivity contribution < 1.29 is 33.3 Å². The third kappa shape index (κ3) is 11.9. The number of amides is 2. The van der Waals surface area contributed by atoms with Crippen LogP contribution in [0.25, 0.3) is 0 Å². The lowest BCUT2D eigenvalue weighted by Crippen LogP contribution is -2.47. The zero-order chi connectivity index (χ0) is 26.8. The zero-order valence-corrected chi connectivity index (χ0v) is 21.4. The van der Waals surface area contributed by atoms with Crippen LogP contribution in [0, 0.1) is 0 Å². The van der Waals surface area contributed by atoms with Crippen LogP contribution in [-0.4, -0.2) is 41.9 Å². The van der Waals surface area contributed by atoms with Gasteiger partial charge < -0.3 is 18.9 Å². The van der Waals surface area contributed by atoms with Gasteiger partial charge in [-0.2, -0.15) is 0 Å². The number of ether oxygens (including phenoxy) is 4. The van der Waals surface area contributed by atoms with Gasteiger partial charge in [0.15, 0.2) is 6.61 Å². The minimum absolute atomic E-state index is 0.161. The molecule has 194 valence electrons. The molecule has 0 saturated heterocycles. The topological polar surface area (TPSA) is 125 Å². The fourth-order valence-electron chi connectivity index (χ4n) is 2.56. The van der Waals surface area contributed by atoms with Crippen molar-refractivity contribution >= 4 is 29.8 Å². The Balaban J connectivity index is 2.00. The van der Waals surface area contributed by atoms with E-state index in [1.807, 2.05) is 30.3 Å². The van der Waals surface area contributed by atoms with Crippen LogP contribution < -0.4 is 15.4 Å². The minimum Gasteiger partial charge on any atom is -0.482 e. The molecule has 2 rings (SSSR count). The first kappa shape index (κ1) is 28.2. The molecule has 2 aromatic rings. The van der Waals surface area contributed by atoms with E-state index in [-0.39, 0.29) is 19.2 Å². The molecule has 2 amide bonds. The summed E-state index contributed by atoms with van der Waals surface area (Å²) in [6.45, 7) is 10.2. The van der Waals surface area contributed by atoms with E-state index in [4.69, 9.17) is 18.9 Å². The van der Waals surface area contributed by atoms with Gasteiger partial charge in [-0.05, 0) is 71.4 Å². The molecule has 10 heteroatoms. The average molecular weight is 500 g/mol. The fraction of sp³-hybridized carbons (Fsp3) is 0.385. The predicted molar refractivity (Wildman–Crippen MR) is 134 cm³/mol. The third-order valence-corrected chi connectivity index (χ3v) is 3.92. The summed E-state index contributed by atoms with van der Waals surface area (Å²) in [7, 11) is 0. The molecule has 0 spiro atoms. The molecule has 0 atom stereocenters. The molecule has 0 heterocycles. The number of hydrogen-bond donors (Lipinski definition) is 2. The normalized spacial score (nSPS) is 11.1. The van der Waals surface area contributed by atoms with Gasteiger partial charge in [-0.15, -0.1) is 0 Å². The maximum Gasteiger partial charge on any atom is 0.414 e. The summed E-state index contributed by atoms with van der Waals surface area (Å²) in [6.07, 6.45) is -1.60. The molecule has 2 aromatic carbocycles. The van der Waals surface area contributed by atoms with Gasteiger partial charge in [0.1, 0.15) is 23.6 Å². The smallest absolute Gasteiger partial charge is 0.414 e. The number of nitrogens with zero attached hydrogens (tertiary/aromatic N) is 1. The van der Waals surface area contributed by atoms with Crippen LogP contribution in [0.5, 0.6) is 5.75 Å². The quantitative estimate of drug-likeness (QED) is 0.252. The number of nitrogens with one attached hydrogen (secondary N) is 2. The van der Waals surface area contributed by atoms with Crippen LogP contribution in [-0.2, 0) is 25.6 Å². The molecule has 0 aromatic heterocycles. The standard InChI is InChI=1S/C26H33N3O7/c1-25(2,3)35-23(31)28-22(29-24(32)36-26(4,5)6)27-19-12-14-20(15-13-19)33-17-21(30)34-16-18-10-8-7-9-11-18/h7-15H,16-17H2,1-6H3,(H2,27,28,29,31,32). The van der Waals surface area contributed by atoms with E-state index in [2.05, 4.69) is 15.6 Å². The first-order chi connectivity index (χ1) is 16.8. The van der Waals surface area contributed by atoms with E-state index >= 15 is 0 Å². The fourth-order valence-corrected chi connectivity index (χ4v) is 2.56. The summed E-state index contributed by atoms with van der Waals surface area (Å²) in [6, 6.07) is 15.7. The maximum absolute atomic E-state index is 12.2. The minimum atomic E-state index is -0.800. The molecule has 0 fully saturated rings. The van der Waals surface area contributed by atoms with Crippen molar-refractivity contribution in [3.8, 4) is 5.75 Å². The Morgan fingerprint density at radius 2 is 1.31 bits per heavy atom. The van der Waals surface area contributed by atoms with Crippen molar-refractivity contribution in [3.63, 3.8) is 0 Å². The summed E-state index contributed by atoms with van der Waals surface area (Å²) in [5.74, 6) is -0.282. The molecule has 2 N–H and O–H groups in total. The van der Waals surface area contributed by atoms with Crippen molar-refractivity contribution in [2.45, 2.75) is 59.4 Å². The van der Waals surface area contributed by atoms with Crippen LogP contribution >= 0.6 is 0 Å². The van der Waals surface area contributed by atoms with Crippen LogP contribution in [0.15, 0.2) is 59.6 Å². The predicted octanol–water partition coefficient (Wildman–Crippen LogP) is 4.85. The van der Waals surface area contributed by atoms with E-state index in [1.54, 1.807) is 65.8 Å². The highest BCUT2D eigenvalue weighted by atomic mass is 16.6. The second-order valence-corrected chi connectivity index (χ2v) is 9.64. The van der Waals surface area contributed by atoms with Gasteiger partial charge in [0.25, 0.3) is 0 Å². The summed E-state index contributed by atoms with van der Waals surface area (Å²) in [5.41, 5.74) is -0.231. The van der Waals surface area contributed by atoms with Crippen molar-refractivity contribution in [3.05, 3.63) is 60.2 Å². The summed E-state index contributed by atoms with van der Waals surface area (Å²) in [4.78, 5) is 40.6. The maximum atomic E-state index is 12.2. The van der Waals surface area contributed by atoms with Crippen LogP contribution in [0.4, 0.5) is 15.3 Å². The highest BCUT2D eigenvalue weighted by Crippen LogP contribution is 2.18. The lowest BCUT2D eigenvalue weighted by molar-refractivity contribution is -0.147. The van der Waals surface area contributed by atoms with Crippen molar-refractivity contribution in [1.29, 1.82) is 0 Å². The van der Waals surface area contributed by atoms with Gasteiger partial charge in [-0.1, -0.05) is 30.3 Å². The second kappa shape index (κ2) is 12.6. The molecular weight excluding hydrogens is 466 g/mol. The highest BCUT2D eigenvalue weighted by molar-refractivity contribution is 6.02. The number of alkyl carbamates (subject to hydrolysis) is 2. The first-order valence-corrected chi connectivity index (χ1v) is 11.3. The van der Waals surface area contributed by atoms with Gasteiger partial charge in [0, 0.05) is 0 Å². The molecule has 0 radical (unpaired) electrons. The van der Waals surface area contributed by atoms with Crippen LogP contribution in [0.1, 0.15) is 47.1 Å². The second-order valence-electron chi connectivity index (χ2n) is 9.64. The molecule has 0 aliphatic heterocycles. The molecule has 0 saturated carbocycles. The van der Waals surface area contributed by atoms with E-state index in [1.165, 1.54) is 0 Å². The van der Waals surface area contributed by atoms with Gasteiger partial charge in [0.05, 0.1) is 5.69 Å². The number of guanidine groups is 1. The molecular formula is C26H33N3O7. The molecule has 0 unspecified atom stereocenters. The lowest BCUT2D eigenvalue weighted by Gasteiger charge is -2.22. The van der Waals surface area contributed by atoms with Crippen LogP contribution in [0.2, 0.25) is 0 Å². The number of carbonyl (C=O) groups excluding carboxylic acids is 3. The summed E-state index contributed by atoms with van der Waals surface area (Å²) < 4.78 is 21.1. The van der Waals surface area contributed by atoms with Gasteiger partial charge in [-0.3, -0.25) is 10.6 Å². The Kier molecular flexibility index (Phi) is 9.83. The SMILES string of the molecule is CC(C)(C)OC(=O)NC(=Nc1ccc(OCC(=O)OCc2ccccc2)cc1)NC(=O)OC(C)(C)C. The lowest BCUT2D eigenvalue weighted by atomic mass is 10.2. The number of esters is 1.